The van der Waals surface area contributed by atoms with Crippen LogP contribution in [0.5, 0.6) is 6.01 Å². The molecule has 0 saturated carbocycles. The van der Waals surface area contributed by atoms with E-state index in [0.717, 1.165) is 0 Å². The first-order valence-corrected chi connectivity index (χ1v) is 4.87. The molecular formula is C10H15F2N3O. The number of hydrogen-bond donors (Lipinski definition) is 0. The topological polar surface area (TPSA) is 38.2 Å². The van der Waals surface area contributed by atoms with Gasteiger partial charge in [-0.15, -0.1) is 0 Å². The van der Waals surface area contributed by atoms with Gasteiger partial charge in [0.1, 0.15) is 5.69 Å². The quantitative estimate of drug-likeness (QED) is 0.770. The molecule has 1 aromatic heterocycles. The Bertz CT molecular complexity index is 345. The van der Waals surface area contributed by atoms with Crippen LogP contribution in [0.25, 0.3) is 0 Å². The summed E-state index contributed by atoms with van der Waals surface area (Å²) in [5, 5.41) is 0. The van der Waals surface area contributed by atoms with Crippen molar-refractivity contribution in [2.24, 2.45) is 0 Å². The zero-order valence-electron chi connectivity index (χ0n) is 9.57. The van der Waals surface area contributed by atoms with E-state index in [1.807, 2.05) is 19.0 Å². The second-order valence-corrected chi connectivity index (χ2v) is 3.62. The molecule has 0 aromatic carbocycles. The molecular weight excluding hydrogens is 216 g/mol. The Morgan fingerprint density at radius 2 is 2.12 bits per heavy atom. The molecule has 0 aliphatic rings. The van der Waals surface area contributed by atoms with Crippen molar-refractivity contribution in [3.63, 3.8) is 0 Å². The molecule has 0 aliphatic carbocycles. The van der Waals surface area contributed by atoms with Gasteiger partial charge in [-0.05, 0) is 26.1 Å². The van der Waals surface area contributed by atoms with E-state index < -0.39 is 6.43 Å². The van der Waals surface area contributed by atoms with Gasteiger partial charge in [0.25, 0.3) is 6.43 Å². The first kappa shape index (κ1) is 12.8. The van der Waals surface area contributed by atoms with Gasteiger partial charge in [0.2, 0.25) is 0 Å². The third kappa shape index (κ3) is 3.37. The number of aromatic nitrogens is 2. The van der Waals surface area contributed by atoms with Crippen molar-refractivity contribution in [1.29, 1.82) is 0 Å². The predicted octanol–water partition coefficient (Wildman–Crippen LogP) is 1.53. The van der Waals surface area contributed by atoms with Crippen LogP contribution in [0.2, 0.25) is 0 Å². The maximum Gasteiger partial charge on any atom is 0.316 e. The van der Waals surface area contributed by atoms with Crippen molar-refractivity contribution >= 4 is 0 Å². The molecule has 1 rings (SSSR count). The van der Waals surface area contributed by atoms with Crippen LogP contribution in [-0.2, 0) is 6.42 Å². The highest BCUT2D eigenvalue weighted by Gasteiger charge is 2.16. The van der Waals surface area contributed by atoms with Crippen molar-refractivity contribution in [3.05, 3.63) is 17.5 Å². The van der Waals surface area contributed by atoms with Crippen molar-refractivity contribution in [2.45, 2.75) is 12.8 Å². The van der Waals surface area contributed by atoms with Crippen LogP contribution >= 0.6 is 0 Å². The molecule has 0 bridgehead atoms. The summed E-state index contributed by atoms with van der Waals surface area (Å²) in [4.78, 5) is 9.42. The van der Waals surface area contributed by atoms with Gasteiger partial charge < -0.3 is 9.64 Å². The first-order chi connectivity index (χ1) is 7.54. The molecule has 6 heteroatoms. The minimum Gasteiger partial charge on any atom is -0.467 e. The third-order valence-electron chi connectivity index (χ3n) is 2.09. The smallest absolute Gasteiger partial charge is 0.316 e. The summed E-state index contributed by atoms with van der Waals surface area (Å²) in [6.45, 7) is 0.676. The lowest BCUT2D eigenvalue weighted by Crippen LogP contribution is -2.16. The van der Waals surface area contributed by atoms with E-state index in [9.17, 15) is 8.78 Å². The molecule has 0 atom stereocenters. The van der Waals surface area contributed by atoms with Crippen LogP contribution in [0.3, 0.4) is 0 Å². The average molecular weight is 231 g/mol. The van der Waals surface area contributed by atoms with Crippen molar-refractivity contribution in [1.82, 2.24) is 14.9 Å². The molecule has 0 unspecified atom stereocenters. The van der Waals surface area contributed by atoms with E-state index in [-0.39, 0.29) is 11.7 Å². The van der Waals surface area contributed by atoms with Crippen LogP contribution in [0.1, 0.15) is 17.7 Å². The van der Waals surface area contributed by atoms with Crippen molar-refractivity contribution < 1.29 is 13.5 Å². The summed E-state index contributed by atoms with van der Waals surface area (Å²) in [5.41, 5.74) is 0.221. The number of nitrogens with zero attached hydrogens (tertiary/aromatic N) is 3. The van der Waals surface area contributed by atoms with Gasteiger partial charge in [-0.2, -0.15) is 4.98 Å². The van der Waals surface area contributed by atoms with Gasteiger partial charge >= 0.3 is 6.01 Å². The average Bonchev–Trinajstić information content (AvgIpc) is 2.25. The molecule has 16 heavy (non-hydrogen) atoms. The Balaban J connectivity index is 2.89. The summed E-state index contributed by atoms with van der Waals surface area (Å²) < 4.78 is 30.1. The highest BCUT2D eigenvalue weighted by molar-refractivity contribution is 5.20. The molecule has 0 aliphatic heterocycles. The zero-order valence-corrected chi connectivity index (χ0v) is 9.57. The number of likely N-dealkylation sites (N-methyl/N-ethyl adjacent to an activating group) is 1. The van der Waals surface area contributed by atoms with Crippen LogP contribution in [0, 0.1) is 0 Å². The molecule has 0 amide bonds. The Hall–Kier alpha value is -1.30. The van der Waals surface area contributed by atoms with Crippen LogP contribution < -0.4 is 4.74 Å². The first-order valence-electron chi connectivity index (χ1n) is 4.87. The fourth-order valence-corrected chi connectivity index (χ4v) is 1.23. The number of rotatable bonds is 5. The molecule has 0 radical (unpaired) electrons. The van der Waals surface area contributed by atoms with Crippen LogP contribution in [0.15, 0.2) is 6.20 Å². The predicted molar refractivity (Wildman–Crippen MR) is 55.8 cm³/mol. The fraction of sp³-hybridized carbons (Fsp3) is 0.600. The minimum atomic E-state index is -2.60. The molecule has 0 spiro atoms. The summed E-state index contributed by atoms with van der Waals surface area (Å²) in [7, 11) is 5.11. The lowest BCUT2D eigenvalue weighted by atomic mass is 10.1. The van der Waals surface area contributed by atoms with Gasteiger partial charge in [0, 0.05) is 12.7 Å². The lowest BCUT2D eigenvalue weighted by Gasteiger charge is -2.12. The molecule has 1 heterocycles. The normalized spacial score (nSPS) is 11.2. The highest BCUT2D eigenvalue weighted by atomic mass is 19.3. The van der Waals surface area contributed by atoms with Gasteiger partial charge in [-0.3, -0.25) is 0 Å². The van der Waals surface area contributed by atoms with Crippen LogP contribution in [0.4, 0.5) is 8.78 Å². The number of ether oxygens (including phenoxy) is 1. The second-order valence-electron chi connectivity index (χ2n) is 3.62. The summed E-state index contributed by atoms with van der Waals surface area (Å²) >= 11 is 0. The maximum atomic E-state index is 12.7. The van der Waals surface area contributed by atoms with Crippen molar-refractivity contribution in [3.8, 4) is 6.01 Å². The Kier molecular flexibility index (Phi) is 4.54. The number of halogens is 2. The molecule has 0 saturated heterocycles. The summed E-state index contributed by atoms with van der Waals surface area (Å²) in [6, 6.07) is -0.0242. The molecule has 4 nitrogen and oxygen atoms in total. The lowest BCUT2D eigenvalue weighted by molar-refractivity contribution is 0.143. The van der Waals surface area contributed by atoms with E-state index in [2.05, 4.69) is 9.97 Å². The number of alkyl halides is 2. The summed E-state index contributed by atoms with van der Waals surface area (Å²) in [5.74, 6) is 0. The Morgan fingerprint density at radius 1 is 1.44 bits per heavy atom. The minimum absolute atomic E-state index is 0.0242. The van der Waals surface area contributed by atoms with Gasteiger partial charge in [-0.1, -0.05) is 0 Å². The molecule has 90 valence electrons. The van der Waals surface area contributed by atoms with Crippen LogP contribution in [-0.4, -0.2) is 42.6 Å². The van der Waals surface area contributed by atoms with E-state index in [4.69, 9.17) is 4.74 Å². The molecule has 1 aromatic rings. The second kappa shape index (κ2) is 5.69. The zero-order chi connectivity index (χ0) is 12.1. The third-order valence-corrected chi connectivity index (χ3v) is 2.09. The molecule has 0 fully saturated rings. The number of hydrogen-bond acceptors (Lipinski definition) is 4. The van der Waals surface area contributed by atoms with Gasteiger partial charge in [0.15, 0.2) is 0 Å². The maximum absolute atomic E-state index is 12.7. The van der Waals surface area contributed by atoms with E-state index in [0.29, 0.717) is 18.5 Å². The van der Waals surface area contributed by atoms with E-state index in [1.165, 1.54) is 13.3 Å². The standard InChI is InChI=1S/C10H15F2N3O/c1-15(2)5-4-7-6-13-10(16-3)14-8(7)9(11)12/h6,9H,4-5H2,1-3H3. The SMILES string of the molecule is COc1ncc(CCN(C)C)c(C(F)F)n1. The highest BCUT2D eigenvalue weighted by Crippen LogP contribution is 2.22. The number of methoxy groups -OCH3 is 1. The Morgan fingerprint density at radius 3 is 2.62 bits per heavy atom. The molecule has 0 N–H and O–H groups in total. The summed E-state index contributed by atoms with van der Waals surface area (Å²) in [6.07, 6.45) is -0.706. The monoisotopic (exact) mass is 231 g/mol. The largest absolute Gasteiger partial charge is 0.467 e. The Labute approximate surface area is 93.3 Å². The van der Waals surface area contributed by atoms with E-state index >= 15 is 0 Å². The fourth-order valence-electron chi connectivity index (χ4n) is 1.23. The van der Waals surface area contributed by atoms with E-state index in [1.54, 1.807) is 0 Å². The van der Waals surface area contributed by atoms with Crippen molar-refractivity contribution in [2.75, 3.05) is 27.7 Å². The van der Waals surface area contributed by atoms with Gasteiger partial charge in [0.05, 0.1) is 7.11 Å². The van der Waals surface area contributed by atoms with Gasteiger partial charge in [-0.25, -0.2) is 13.8 Å².